The van der Waals surface area contributed by atoms with Gasteiger partial charge in [0, 0.05) is 43.3 Å². The first kappa shape index (κ1) is 21.6. The predicted molar refractivity (Wildman–Crippen MR) is 128 cm³/mol. The molecule has 0 unspecified atom stereocenters. The minimum absolute atomic E-state index is 0.0660. The van der Waals surface area contributed by atoms with Gasteiger partial charge in [0.2, 0.25) is 5.91 Å². The SMILES string of the molecule is Cc1nc([C@@H]2CCCCN2C(=O)Cn2cccn2)nc2c1CCCN2CCc1ccccc1. The van der Waals surface area contributed by atoms with Crippen LogP contribution in [0.5, 0.6) is 0 Å². The Balaban J connectivity index is 1.39. The highest BCUT2D eigenvalue weighted by atomic mass is 16.2. The largest absolute Gasteiger partial charge is 0.356 e. The lowest BCUT2D eigenvalue weighted by Gasteiger charge is -2.36. The summed E-state index contributed by atoms with van der Waals surface area (Å²) in [4.78, 5) is 27.6. The molecule has 1 aromatic carbocycles. The van der Waals surface area contributed by atoms with E-state index in [-0.39, 0.29) is 18.5 Å². The second-order valence-corrected chi connectivity index (χ2v) is 9.10. The van der Waals surface area contributed by atoms with Crippen molar-refractivity contribution in [3.63, 3.8) is 0 Å². The summed E-state index contributed by atoms with van der Waals surface area (Å²) in [5.74, 6) is 1.96. The number of anilines is 1. The monoisotopic (exact) mass is 444 g/mol. The molecular weight excluding hydrogens is 412 g/mol. The number of likely N-dealkylation sites (tertiary alicyclic amines) is 1. The Morgan fingerprint density at radius 3 is 2.76 bits per heavy atom. The average molecular weight is 445 g/mol. The maximum Gasteiger partial charge on any atom is 0.244 e. The number of carbonyl (C=O) groups excluding carboxylic acids is 1. The zero-order valence-electron chi connectivity index (χ0n) is 19.4. The Kier molecular flexibility index (Phi) is 6.37. The van der Waals surface area contributed by atoms with Crippen molar-refractivity contribution in [1.82, 2.24) is 24.6 Å². The minimum Gasteiger partial charge on any atom is -0.356 e. The van der Waals surface area contributed by atoms with E-state index in [4.69, 9.17) is 9.97 Å². The summed E-state index contributed by atoms with van der Waals surface area (Å²) in [6.45, 7) is 5.07. The van der Waals surface area contributed by atoms with Crippen molar-refractivity contribution in [1.29, 1.82) is 0 Å². The van der Waals surface area contributed by atoms with E-state index in [0.29, 0.717) is 0 Å². The van der Waals surface area contributed by atoms with Crippen LogP contribution in [-0.4, -0.2) is 50.2 Å². The summed E-state index contributed by atoms with van der Waals surface area (Å²) in [5.41, 5.74) is 3.67. The van der Waals surface area contributed by atoms with E-state index in [1.807, 2.05) is 17.2 Å². The molecule has 0 saturated carbocycles. The van der Waals surface area contributed by atoms with Crippen molar-refractivity contribution >= 4 is 11.7 Å². The molecule has 7 heteroatoms. The first-order chi connectivity index (χ1) is 16.2. The summed E-state index contributed by atoms with van der Waals surface area (Å²) in [7, 11) is 0. The summed E-state index contributed by atoms with van der Waals surface area (Å²) in [5, 5.41) is 4.21. The standard InChI is InChI=1S/C26H32N6O/c1-20-22-11-7-15-30(18-13-21-9-3-2-4-10-21)26(22)29-25(28-20)23-12-5-6-17-32(23)24(33)19-31-16-8-14-27-31/h2-4,8-10,14,16,23H,5-7,11-13,15,17-19H2,1H3/t23-/m0/s1. The summed E-state index contributed by atoms with van der Waals surface area (Å²) in [6.07, 6.45) is 9.71. The van der Waals surface area contributed by atoms with Gasteiger partial charge >= 0.3 is 0 Å². The average Bonchev–Trinajstić information content (AvgIpc) is 3.36. The fraction of sp³-hybridized carbons (Fsp3) is 0.462. The van der Waals surface area contributed by atoms with Gasteiger partial charge in [0.1, 0.15) is 12.4 Å². The Morgan fingerprint density at radius 1 is 1.06 bits per heavy atom. The highest BCUT2D eigenvalue weighted by molar-refractivity contribution is 5.76. The topological polar surface area (TPSA) is 67.2 Å². The molecule has 0 bridgehead atoms. The van der Waals surface area contributed by atoms with Gasteiger partial charge in [0.15, 0.2) is 5.82 Å². The van der Waals surface area contributed by atoms with Gasteiger partial charge < -0.3 is 9.80 Å². The third-order valence-corrected chi connectivity index (χ3v) is 6.85. The lowest BCUT2D eigenvalue weighted by atomic mass is 9.99. The van der Waals surface area contributed by atoms with Crippen LogP contribution in [0, 0.1) is 6.92 Å². The van der Waals surface area contributed by atoms with Crippen molar-refractivity contribution < 1.29 is 4.79 Å². The van der Waals surface area contributed by atoms with Crippen LogP contribution in [0.25, 0.3) is 0 Å². The molecule has 2 aromatic heterocycles. The number of hydrogen-bond donors (Lipinski definition) is 0. The van der Waals surface area contributed by atoms with Crippen molar-refractivity contribution in [3.8, 4) is 0 Å². The predicted octanol–water partition coefficient (Wildman–Crippen LogP) is 3.73. The molecule has 5 rings (SSSR count). The molecule has 4 heterocycles. The molecule has 33 heavy (non-hydrogen) atoms. The molecule has 1 atom stereocenters. The van der Waals surface area contributed by atoms with Gasteiger partial charge in [0.05, 0.1) is 6.04 Å². The molecule has 1 fully saturated rings. The van der Waals surface area contributed by atoms with Crippen molar-refractivity contribution in [3.05, 3.63) is 71.4 Å². The van der Waals surface area contributed by atoms with E-state index in [1.165, 1.54) is 11.1 Å². The van der Waals surface area contributed by atoms with Gasteiger partial charge in [-0.15, -0.1) is 0 Å². The fourth-order valence-corrected chi connectivity index (χ4v) is 5.11. The fourth-order valence-electron chi connectivity index (χ4n) is 5.11. The number of hydrogen-bond acceptors (Lipinski definition) is 5. The molecule has 172 valence electrons. The molecular formula is C26H32N6O. The van der Waals surface area contributed by atoms with E-state index < -0.39 is 0 Å². The zero-order chi connectivity index (χ0) is 22.6. The maximum atomic E-state index is 13.1. The quantitative estimate of drug-likeness (QED) is 0.580. The van der Waals surface area contributed by atoms with Crippen LogP contribution in [0.1, 0.15) is 54.4 Å². The van der Waals surface area contributed by atoms with Gasteiger partial charge in [-0.2, -0.15) is 5.10 Å². The van der Waals surface area contributed by atoms with E-state index in [9.17, 15) is 4.79 Å². The molecule has 3 aromatic rings. The molecule has 1 saturated heterocycles. The number of benzene rings is 1. The zero-order valence-corrected chi connectivity index (χ0v) is 19.4. The van der Waals surface area contributed by atoms with Crippen LogP contribution in [0.15, 0.2) is 48.8 Å². The first-order valence-corrected chi connectivity index (χ1v) is 12.1. The van der Waals surface area contributed by atoms with Crippen LogP contribution in [0.3, 0.4) is 0 Å². The van der Waals surface area contributed by atoms with Gasteiger partial charge in [0.25, 0.3) is 0 Å². The van der Waals surface area contributed by atoms with Crippen LogP contribution in [0.2, 0.25) is 0 Å². The minimum atomic E-state index is -0.0660. The number of fused-ring (bicyclic) bond motifs is 1. The van der Waals surface area contributed by atoms with E-state index in [1.54, 1.807) is 10.9 Å². The van der Waals surface area contributed by atoms with Gasteiger partial charge in [-0.25, -0.2) is 9.97 Å². The number of carbonyl (C=O) groups is 1. The molecule has 0 N–H and O–H groups in total. The summed E-state index contributed by atoms with van der Waals surface area (Å²) in [6, 6.07) is 12.4. The maximum absolute atomic E-state index is 13.1. The van der Waals surface area contributed by atoms with Gasteiger partial charge in [-0.3, -0.25) is 9.48 Å². The normalized spacial score (nSPS) is 18.3. The van der Waals surface area contributed by atoms with Gasteiger partial charge in [-0.1, -0.05) is 30.3 Å². The highest BCUT2D eigenvalue weighted by Crippen LogP contribution is 2.33. The molecule has 2 aliphatic rings. The molecule has 2 aliphatic heterocycles. The molecule has 1 amide bonds. The molecule has 0 radical (unpaired) electrons. The lowest BCUT2D eigenvalue weighted by Crippen LogP contribution is -2.41. The van der Waals surface area contributed by atoms with Crippen LogP contribution >= 0.6 is 0 Å². The van der Waals surface area contributed by atoms with E-state index >= 15 is 0 Å². The number of aryl methyl sites for hydroxylation is 1. The van der Waals surface area contributed by atoms with Crippen LogP contribution < -0.4 is 4.90 Å². The smallest absolute Gasteiger partial charge is 0.244 e. The number of amides is 1. The Labute approximate surface area is 195 Å². The third-order valence-electron chi connectivity index (χ3n) is 6.85. The highest BCUT2D eigenvalue weighted by Gasteiger charge is 2.32. The number of rotatable bonds is 6. The van der Waals surface area contributed by atoms with Gasteiger partial charge in [-0.05, 0) is 57.1 Å². The Bertz CT molecular complexity index is 1080. The van der Waals surface area contributed by atoms with Crippen molar-refractivity contribution in [2.24, 2.45) is 0 Å². The molecule has 0 aliphatic carbocycles. The lowest BCUT2D eigenvalue weighted by molar-refractivity contribution is -0.136. The Morgan fingerprint density at radius 2 is 1.94 bits per heavy atom. The second kappa shape index (κ2) is 9.73. The number of aromatic nitrogens is 4. The first-order valence-electron chi connectivity index (χ1n) is 12.1. The van der Waals surface area contributed by atoms with E-state index in [0.717, 1.165) is 75.5 Å². The number of piperidine rings is 1. The van der Waals surface area contributed by atoms with Crippen molar-refractivity contribution in [2.75, 3.05) is 24.5 Å². The Hall–Kier alpha value is -3.22. The van der Waals surface area contributed by atoms with Crippen LogP contribution in [-0.2, 0) is 24.2 Å². The second-order valence-electron chi connectivity index (χ2n) is 9.10. The summed E-state index contributed by atoms with van der Waals surface area (Å²) >= 11 is 0. The summed E-state index contributed by atoms with van der Waals surface area (Å²) < 4.78 is 1.69. The molecule has 7 nitrogen and oxygen atoms in total. The third kappa shape index (κ3) is 4.77. The molecule has 0 spiro atoms. The van der Waals surface area contributed by atoms with E-state index in [2.05, 4.69) is 47.3 Å². The van der Waals surface area contributed by atoms with Crippen LogP contribution in [0.4, 0.5) is 5.82 Å². The van der Waals surface area contributed by atoms with Crippen molar-refractivity contribution in [2.45, 2.75) is 58.0 Å². The number of nitrogens with zero attached hydrogens (tertiary/aromatic N) is 6.